The van der Waals surface area contributed by atoms with Gasteiger partial charge in [-0.25, -0.2) is 0 Å². The molecule has 5 heteroatoms. The van der Waals surface area contributed by atoms with E-state index in [1.54, 1.807) is 0 Å². The Kier molecular flexibility index (Phi) is 0.625. The lowest BCUT2D eigenvalue weighted by atomic mass is 10.6. The van der Waals surface area contributed by atoms with Crippen LogP contribution in [0.15, 0.2) is 10.2 Å². The van der Waals surface area contributed by atoms with Crippen LogP contribution in [0.5, 0.6) is 0 Å². The van der Waals surface area contributed by atoms with Crippen LogP contribution in [0.3, 0.4) is 0 Å². The molecule has 39 valence electrons. The van der Waals surface area contributed by atoms with Crippen molar-refractivity contribution < 1.29 is 13.2 Å². The summed E-state index contributed by atoms with van der Waals surface area (Å²) in [5, 5.41) is 5.18. The zero-order valence-corrected chi connectivity index (χ0v) is 3.03. The monoisotopic (exact) mass is 109 g/mol. The number of hydrogen-bond acceptors (Lipinski definition) is 2. The Balaban J connectivity index is 2.38. The summed E-state index contributed by atoms with van der Waals surface area (Å²) in [4.78, 5) is 0. The van der Waals surface area contributed by atoms with Crippen molar-refractivity contribution in [3.63, 3.8) is 0 Å². The second-order valence-electron chi connectivity index (χ2n) is 1.02. The summed E-state index contributed by atoms with van der Waals surface area (Å²) in [5.41, 5.74) is 0. The molecule has 0 N–H and O–H groups in total. The summed E-state index contributed by atoms with van der Waals surface area (Å²) in [6.45, 7) is 0. The predicted octanol–water partition coefficient (Wildman–Crippen LogP) is 1.50. The molecule has 0 spiro atoms. The first-order valence-electron chi connectivity index (χ1n) is 1.46. The lowest BCUT2D eigenvalue weighted by molar-refractivity contribution is -0.104. The average molecular weight is 109 g/mol. The molecule has 0 atom stereocenters. The third-order valence-corrected chi connectivity index (χ3v) is 0.454. The summed E-state index contributed by atoms with van der Waals surface area (Å²) >= 11 is 0. The molecule has 1 rings (SSSR count). The van der Waals surface area contributed by atoms with Gasteiger partial charge < -0.3 is 0 Å². The van der Waals surface area contributed by atoms with Crippen LogP contribution in [-0.2, 0) is 0 Å². The topological polar surface area (TPSA) is 24.7 Å². The first-order valence-corrected chi connectivity index (χ1v) is 1.46. The first kappa shape index (κ1) is 4.55. The Morgan fingerprint density at radius 1 is 1.14 bits per heavy atom. The Labute approximate surface area is 37.0 Å². The summed E-state index contributed by atoms with van der Waals surface area (Å²) in [5.74, 6) is 0. The van der Waals surface area contributed by atoms with Crippen molar-refractivity contribution in [2.45, 2.75) is 6.18 Å². The van der Waals surface area contributed by atoms with E-state index in [0.29, 0.717) is 0 Å². The quantitative estimate of drug-likeness (QED) is 0.450. The van der Waals surface area contributed by atoms with Gasteiger partial charge in [-0.15, -0.1) is 10.2 Å². The van der Waals surface area contributed by atoms with Crippen molar-refractivity contribution in [3.05, 3.63) is 6.17 Å². The second-order valence-corrected chi connectivity index (χ2v) is 1.02. The number of rotatable bonds is 0. The molecular formula is C2F3N2. The third kappa shape index (κ3) is 0.880. The van der Waals surface area contributed by atoms with Crippen LogP contribution in [-0.4, -0.2) is 6.18 Å². The summed E-state index contributed by atoms with van der Waals surface area (Å²) in [7, 11) is 0. The standard InChI is InChI=1S/C2F3N2/c3-2(4,5)1-6-7-1. The highest BCUT2D eigenvalue weighted by Gasteiger charge is 2.49. The first-order chi connectivity index (χ1) is 3.11. The van der Waals surface area contributed by atoms with Crippen molar-refractivity contribution in [3.8, 4) is 0 Å². The van der Waals surface area contributed by atoms with E-state index in [9.17, 15) is 13.2 Å². The van der Waals surface area contributed by atoms with Gasteiger partial charge in [0.15, 0.2) is 0 Å². The smallest absolute Gasteiger partial charge is 0.166 e. The Hall–Kier alpha value is -0.610. The number of alkyl halides is 3. The van der Waals surface area contributed by atoms with Crippen LogP contribution in [0.4, 0.5) is 13.2 Å². The van der Waals surface area contributed by atoms with Crippen molar-refractivity contribution in [2.24, 2.45) is 10.2 Å². The molecule has 0 saturated heterocycles. The van der Waals surface area contributed by atoms with E-state index >= 15 is 0 Å². The molecule has 1 aliphatic heterocycles. The van der Waals surface area contributed by atoms with Gasteiger partial charge >= 0.3 is 12.3 Å². The van der Waals surface area contributed by atoms with E-state index in [1.807, 2.05) is 0 Å². The molecule has 0 amide bonds. The van der Waals surface area contributed by atoms with Crippen LogP contribution in [0.1, 0.15) is 0 Å². The minimum atomic E-state index is -4.31. The van der Waals surface area contributed by atoms with Crippen LogP contribution in [0, 0.1) is 6.17 Å². The van der Waals surface area contributed by atoms with Gasteiger partial charge in [-0.1, -0.05) is 0 Å². The average Bonchev–Trinajstić information content (AvgIpc) is 1.99. The Bertz CT molecular complexity index is 98.0. The van der Waals surface area contributed by atoms with Gasteiger partial charge in [-0.2, -0.15) is 13.2 Å². The molecule has 2 nitrogen and oxygen atoms in total. The molecule has 0 unspecified atom stereocenters. The van der Waals surface area contributed by atoms with Gasteiger partial charge in [0.25, 0.3) is 0 Å². The maximum atomic E-state index is 11.0. The lowest BCUT2D eigenvalue weighted by Crippen LogP contribution is -2.08. The molecule has 0 bridgehead atoms. The fourth-order valence-electron chi connectivity index (χ4n) is 0.138. The largest absolute Gasteiger partial charge is 0.442 e. The highest BCUT2D eigenvalue weighted by Crippen LogP contribution is 2.38. The van der Waals surface area contributed by atoms with Crippen molar-refractivity contribution >= 4 is 0 Å². The molecule has 0 fully saturated rings. The third-order valence-electron chi connectivity index (χ3n) is 0.454. The van der Waals surface area contributed by atoms with E-state index in [2.05, 4.69) is 10.2 Å². The predicted molar refractivity (Wildman–Crippen MR) is 14.2 cm³/mol. The van der Waals surface area contributed by atoms with E-state index in [4.69, 9.17) is 0 Å². The fraction of sp³-hybridized carbons (Fsp3) is 0.500. The lowest BCUT2D eigenvalue weighted by Gasteiger charge is -1.93. The van der Waals surface area contributed by atoms with Crippen LogP contribution in [0.2, 0.25) is 0 Å². The highest BCUT2D eigenvalue weighted by atomic mass is 19.4. The molecule has 0 aromatic heterocycles. The molecule has 0 aliphatic carbocycles. The Morgan fingerprint density at radius 2 is 1.57 bits per heavy atom. The summed E-state index contributed by atoms with van der Waals surface area (Å²) in [6, 6.07) is 0. The number of nitrogens with zero attached hydrogens (tertiary/aromatic N) is 2. The van der Waals surface area contributed by atoms with Crippen molar-refractivity contribution in [2.75, 3.05) is 0 Å². The zero-order chi connectivity index (χ0) is 5.49. The van der Waals surface area contributed by atoms with Crippen LogP contribution in [0.25, 0.3) is 0 Å². The molecule has 1 heterocycles. The maximum absolute atomic E-state index is 11.0. The number of halogens is 3. The zero-order valence-electron chi connectivity index (χ0n) is 3.03. The summed E-state index contributed by atoms with van der Waals surface area (Å²) in [6.07, 6.45) is -5.31. The minimum Gasteiger partial charge on any atom is -0.166 e. The maximum Gasteiger partial charge on any atom is 0.442 e. The van der Waals surface area contributed by atoms with E-state index < -0.39 is 12.3 Å². The second kappa shape index (κ2) is 0.962. The molecule has 0 aromatic carbocycles. The molecular weight excluding hydrogens is 109 g/mol. The van der Waals surface area contributed by atoms with Gasteiger partial charge in [-0.05, 0) is 0 Å². The summed E-state index contributed by atoms with van der Waals surface area (Å²) < 4.78 is 33.0. The van der Waals surface area contributed by atoms with E-state index in [-0.39, 0.29) is 0 Å². The van der Waals surface area contributed by atoms with Gasteiger partial charge in [-0.3, -0.25) is 0 Å². The van der Waals surface area contributed by atoms with E-state index in [0.717, 1.165) is 0 Å². The van der Waals surface area contributed by atoms with Gasteiger partial charge in [0.05, 0.1) is 0 Å². The normalized spacial score (nSPS) is 20.4. The molecule has 1 radical (unpaired) electrons. The number of hydrogen-bond donors (Lipinski definition) is 0. The SMILES string of the molecule is FC(F)(F)[C]1N=N1. The molecule has 1 aliphatic rings. The van der Waals surface area contributed by atoms with Crippen LogP contribution >= 0.6 is 0 Å². The minimum absolute atomic E-state index is 1.01. The van der Waals surface area contributed by atoms with Crippen molar-refractivity contribution in [1.82, 2.24) is 0 Å². The van der Waals surface area contributed by atoms with Crippen LogP contribution < -0.4 is 0 Å². The highest BCUT2D eigenvalue weighted by molar-refractivity contribution is 4.99. The van der Waals surface area contributed by atoms with Gasteiger partial charge in [0.1, 0.15) is 0 Å². The fourth-order valence-corrected chi connectivity index (χ4v) is 0.138. The van der Waals surface area contributed by atoms with Gasteiger partial charge in [0, 0.05) is 0 Å². The molecule has 0 aromatic rings. The molecule has 7 heavy (non-hydrogen) atoms. The molecule has 0 saturated carbocycles. The van der Waals surface area contributed by atoms with E-state index in [1.165, 1.54) is 0 Å². The van der Waals surface area contributed by atoms with Gasteiger partial charge in [0.2, 0.25) is 0 Å². The Morgan fingerprint density at radius 3 is 1.57 bits per heavy atom. The van der Waals surface area contributed by atoms with Crippen molar-refractivity contribution in [1.29, 1.82) is 0 Å².